The highest BCUT2D eigenvalue weighted by Crippen LogP contribution is 2.06. The van der Waals surface area contributed by atoms with Gasteiger partial charge >= 0.3 is 11.9 Å². The Morgan fingerprint density at radius 3 is 1.40 bits per heavy atom. The summed E-state index contributed by atoms with van der Waals surface area (Å²) in [5, 5.41) is 29.8. The van der Waals surface area contributed by atoms with Crippen LogP contribution in [-0.4, -0.2) is 100 Å². The van der Waals surface area contributed by atoms with Crippen LogP contribution in [0.5, 0.6) is 0 Å². The van der Waals surface area contributed by atoms with Crippen LogP contribution in [0, 0.1) is 0 Å². The zero-order valence-electron chi connectivity index (χ0n) is 24.5. The van der Waals surface area contributed by atoms with Crippen LogP contribution in [0.15, 0.2) is 0 Å². The van der Waals surface area contributed by atoms with Gasteiger partial charge in [0.25, 0.3) is 0 Å². The van der Waals surface area contributed by atoms with Crippen LogP contribution in [0.25, 0.3) is 0 Å². The first-order valence-electron chi connectivity index (χ1n) is 13.7. The number of rotatable bonds is 21. The van der Waals surface area contributed by atoms with E-state index in [-0.39, 0.29) is 25.8 Å². The van der Waals surface area contributed by atoms with Gasteiger partial charge in [0.15, 0.2) is 0 Å². The molecule has 0 rings (SSSR count). The summed E-state index contributed by atoms with van der Waals surface area (Å²) in [6, 6.07) is -7.32. The SMILES string of the molecule is C[C@H](N)C(=O)N[C@@H](CCC(=O)O)C(=O)N[C@@H](C)C(=O)N[C@@H](CCCCN)C(=O)N[C@@H](CCC(=O)O)C(=O)N[C@@H](C)C(N)=O. The number of carboxylic acids is 2. The molecule has 0 aromatic rings. The molecule has 0 aliphatic heterocycles. The lowest BCUT2D eigenvalue weighted by Gasteiger charge is -2.25. The lowest BCUT2D eigenvalue weighted by molar-refractivity contribution is -0.139. The molecule has 0 aromatic carbocycles. The number of carbonyl (C=O) groups is 8. The fourth-order valence-corrected chi connectivity index (χ4v) is 3.47. The number of nitrogens with one attached hydrogen (secondary N) is 5. The van der Waals surface area contributed by atoms with Crippen molar-refractivity contribution in [2.75, 3.05) is 6.54 Å². The zero-order chi connectivity index (χ0) is 33.3. The van der Waals surface area contributed by atoms with Crippen LogP contribution < -0.4 is 43.8 Å². The molecule has 6 amide bonds. The fourth-order valence-electron chi connectivity index (χ4n) is 3.47. The molecule has 244 valence electrons. The minimum absolute atomic E-state index is 0.0616. The van der Waals surface area contributed by atoms with E-state index in [0.29, 0.717) is 12.8 Å². The van der Waals surface area contributed by atoms with E-state index in [4.69, 9.17) is 27.4 Å². The average Bonchev–Trinajstić information content (AvgIpc) is 2.91. The van der Waals surface area contributed by atoms with E-state index < -0.39 is 96.5 Å². The van der Waals surface area contributed by atoms with Gasteiger partial charge < -0.3 is 54.0 Å². The summed E-state index contributed by atoms with van der Waals surface area (Å²) in [4.78, 5) is 97.0. The Hall–Kier alpha value is -4.32. The highest BCUT2D eigenvalue weighted by Gasteiger charge is 2.31. The van der Waals surface area contributed by atoms with Crippen LogP contribution in [0.1, 0.15) is 65.7 Å². The second-order valence-corrected chi connectivity index (χ2v) is 9.98. The first-order valence-corrected chi connectivity index (χ1v) is 13.7. The maximum Gasteiger partial charge on any atom is 0.303 e. The minimum Gasteiger partial charge on any atom is -0.481 e. The lowest BCUT2D eigenvalue weighted by Crippen LogP contribution is -2.58. The molecule has 0 bridgehead atoms. The molecule has 0 unspecified atom stereocenters. The van der Waals surface area contributed by atoms with Crippen molar-refractivity contribution in [1.29, 1.82) is 0 Å². The molecular weight excluding hydrogens is 572 g/mol. The van der Waals surface area contributed by atoms with Crippen LogP contribution >= 0.6 is 0 Å². The molecule has 0 heterocycles. The van der Waals surface area contributed by atoms with E-state index in [0.717, 1.165) is 0 Å². The average molecular weight is 617 g/mol. The van der Waals surface area contributed by atoms with E-state index in [1.807, 2.05) is 0 Å². The predicted molar refractivity (Wildman–Crippen MR) is 150 cm³/mol. The van der Waals surface area contributed by atoms with Crippen molar-refractivity contribution >= 4 is 47.4 Å². The Morgan fingerprint density at radius 2 is 0.977 bits per heavy atom. The standard InChI is InChI=1S/C25H44N8O10/c1-12(27)21(39)31-16(7-9-18(34)35)24(42)30-14(3)22(40)32-15(6-4-5-11-26)25(43)33-17(8-10-19(36)37)23(41)29-13(2)20(28)38/h12-17H,4-11,26-27H2,1-3H3,(H2,28,38)(H,29,41)(H,30,42)(H,31,39)(H,32,40)(H,33,43)(H,34,35)(H,36,37)/t12-,13-,14-,15-,16-,17-/m0/s1. The summed E-state index contributed by atoms with van der Waals surface area (Å²) in [6.45, 7) is 4.24. The third-order valence-corrected chi connectivity index (χ3v) is 6.09. The van der Waals surface area contributed by atoms with Crippen molar-refractivity contribution in [3.8, 4) is 0 Å². The third-order valence-electron chi connectivity index (χ3n) is 6.09. The van der Waals surface area contributed by atoms with Gasteiger partial charge in [-0.05, 0) is 59.4 Å². The van der Waals surface area contributed by atoms with E-state index in [2.05, 4.69) is 26.6 Å². The number of hydrogen-bond acceptors (Lipinski definition) is 10. The topological polar surface area (TPSA) is 315 Å². The fraction of sp³-hybridized carbons (Fsp3) is 0.680. The quantitative estimate of drug-likeness (QED) is 0.0554. The Labute approximate surface area is 248 Å². The molecule has 0 saturated carbocycles. The molecule has 43 heavy (non-hydrogen) atoms. The molecule has 0 radical (unpaired) electrons. The maximum atomic E-state index is 13.2. The Morgan fingerprint density at radius 1 is 0.581 bits per heavy atom. The van der Waals surface area contributed by atoms with Crippen molar-refractivity contribution in [3.63, 3.8) is 0 Å². The molecule has 0 aromatic heterocycles. The lowest BCUT2D eigenvalue weighted by atomic mass is 10.1. The smallest absolute Gasteiger partial charge is 0.303 e. The number of primary amides is 1. The monoisotopic (exact) mass is 616 g/mol. The van der Waals surface area contributed by atoms with Gasteiger partial charge in [-0.25, -0.2) is 0 Å². The molecule has 18 heteroatoms. The van der Waals surface area contributed by atoms with Gasteiger partial charge in [0.05, 0.1) is 6.04 Å². The molecule has 0 spiro atoms. The summed E-state index contributed by atoms with van der Waals surface area (Å²) >= 11 is 0. The normalized spacial score (nSPS) is 14.9. The second kappa shape index (κ2) is 19.7. The molecule has 0 fully saturated rings. The summed E-state index contributed by atoms with van der Waals surface area (Å²) in [5.74, 6) is -7.44. The first kappa shape index (κ1) is 38.7. The maximum absolute atomic E-state index is 13.2. The molecule has 6 atom stereocenters. The van der Waals surface area contributed by atoms with Gasteiger partial charge in [0, 0.05) is 12.8 Å². The van der Waals surface area contributed by atoms with Gasteiger partial charge in [0.2, 0.25) is 35.4 Å². The van der Waals surface area contributed by atoms with Crippen LogP contribution in [0.2, 0.25) is 0 Å². The van der Waals surface area contributed by atoms with Crippen molar-refractivity contribution in [2.45, 2.75) is 102 Å². The minimum atomic E-state index is -1.39. The van der Waals surface area contributed by atoms with Crippen LogP contribution in [0.3, 0.4) is 0 Å². The molecule has 18 nitrogen and oxygen atoms in total. The predicted octanol–water partition coefficient (Wildman–Crippen LogP) is -3.86. The summed E-state index contributed by atoms with van der Waals surface area (Å²) in [6.07, 6.45) is -0.664. The molecule has 0 aliphatic carbocycles. The first-order chi connectivity index (χ1) is 20.0. The van der Waals surface area contributed by atoms with Gasteiger partial charge in [-0.1, -0.05) is 0 Å². The Bertz CT molecular complexity index is 1020. The number of hydrogen-bond donors (Lipinski definition) is 10. The zero-order valence-corrected chi connectivity index (χ0v) is 24.5. The summed E-state index contributed by atoms with van der Waals surface area (Å²) in [5.41, 5.74) is 16.2. The second-order valence-electron chi connectivity index (χ2n) is 9.98. The van der Waals surface area contributed by atoms with Crippen molar-refractivity contribution in [2.24, 2.45) is 17.2 Å². The van der Waals surface area contributed by atoms with E-state index in [1.54, 1.807) is 0 Å². The van der Waals surface area contributed by atoms with Crippen LogP contribution in [-0.2, 0) is 38.4 Å². The van der Waals surface area contributed by atoms with Crippen molar-refractivity contribution in [1.82, 2.24) is 26.6 Å². The number of carboxylic acid groups (broad SMARTS) is 2. The number of aliphatic carboxylic acids is 2. The van der Waals surface area contributed by atoms with Gasteiger partial charge in [-0.15, -0.1) is 0 Å². The van der Waals surface area contributed by atoms with Gasteiger partial charge in [-0.3, -0.25) is 38.4 Å². The van der Waals surface area contributed by atoms with E-state index in [1.165, 1.54) is 20.8 Å². The van der Waals surface area contributed by atoms with Crippen molar-refractivity contribution < 1.29 is 48.6 Å². The van der Waals surface area contributed by atoms with Gasteiger partial charge in [-0.2, -0.15) is 0 Å². The summed E-state index contributed by atoms with van der Waals surface area (Å²) < 4.78 is 0. The number of unbranched alkanes of at least 4 members (excludes halogenated alkanes) is 1. The van der Waals surface area contributed by atoms with Crippen molar-refractivity contribution in [3.05, 3.63) is 0 Å². The number of carbonyl (C=O) groups excluding carboxylic acids is 6. The van der Waals surface area contributed by atoms with E-state index >= 15 is 0 Å². The molecule has 13 N–H and O–H groups in total. The molecular formula is C25H44N8O10. The number of nitrogens with two attached hydrogens (primary N) is 3. The Kier molecular flexibility index (Phi) is 17.8. The Balaban J connectivity index is 5.71. The van der Waals surface area contributed by atoms with Gasteiger partial charge in [0.1, 0.15) is 30.2 Å². The highest BCUT2D eigenvalue weighted by molar-refractivity contribution is 5.96. The van der Waals surface area contributed by atoms with E-state index in [9.17, 15) is 38.4 Å². The summed E-state index contributed by atoms with van der Waals surface area (Å²) in [7, 11) is 0. The third kappa shape index (κ3) is 16.0. The number of amides is 6. The van der Waals surface area contributed by atoms with Crippen LogP contribution in [0.4, 0.5) is 0 Å². The molecule has 0 saturated heterocycles. The molecule has 0 aliphatic rings. The largest absolute Gasteiger partial charge is 0.481 e. The highest BCUT2D eigenvalue weighted by atomic mass is 16.4.